The average molecular weight is 204 g/mol. The summed E-state index contributed by atoms with van der Waals surface area (Å²) in [7, 11) is -2.92. The number of anilines is 2. The van der Waals surface area contributed by atoms with Gasteiger partial charge in [-0.2, -0.15) is 5.10 Å². The Kier molecular flexibility index (Phi) is 2.76. The van der Waals surface area contributed by atoms with Crippen molar-refractivity contribution >= 4 is 21.3 Å². The fourth-order valence-electron chi connectivity index (χ4n) is 0.808. The highest BCUT2D eigenvalue weighted by Crippen LogP contribution is 2.11. The number of aromatic amines is 1. The molecule has 6 nitrogen and oxygen atoms in total. The molecule has 1 aromatic heterocycles. The van der Waals surface area contributed by atoms with Crippen molar-refractivity contribution in [3.63, 3.8) is 0 Å². The van der Waals surface area contributed by atoms with Gasteiger partial charge in [0.15, 0.2) is 0 Å². The standard InChI is InChI=1S/C6H12N4O2S/c1-13(11,12)3-2-8-5-4-9-10-6(5)7/h4,8H,2-3H2,1H3,(H3,7,9,10). The predicted molar refractivity (Wildman–Crippen MR) is 51.2 cm³/mol. The van der Waals surface area contributed by atoms with Gasteiger partial charge in [0.1, 0.15) is 15.7 Å². The molecule has 74 valence electrons. The molecule has 0 aliphatic carbocycles. The minimum atomic E-state index is -2.92. The van der Waals surface area contributed by atoms with Gasteiger partial charge in [-0.15, -0.1) is 0 Å². The number of rotatable bonds is 4. The number of H-pyrrole nitrogens is 1. The van der Waals surface area contributed by atoms with Gasteiger partial charge in [-0.05, 0) is 0 Å². The van der Waals surface area contributed by atoms with Crippen LogP contribution in [0.4, 0.5) is 11.5 Å². The van der Waals surface area contributed by atoms with E-state index in [-0.39, 0.29) is 5.75 Å². The summed E-state index contributed by atoms with van der Waals surface area (Å²) >= 11 is 0. The summed E-state index contributed by atoms with van der Waals surface area (Å²) in [4.78, 5) is 0. The number of aromatic nitrogens is 2. The van der Waals surface area contributed by atoms with Crippen LogP contribution in [0.1, 0.15) is 0 Å². The molecule has 0 aromatic carbocycles. The third-order valence-corrected chi connectivity index (χ3v) is 2.40. The van der Waals surface area contributed by atoms with Gasteiger partial charge in [0.25, 0.3) is 0 Å². The lowest BCUT2D eigenvalue weighted by Gasteiger charge is -2.02. The zero-order valence-corrected chi connectivity index (χ0v) is 8.06. The summed E-state index contributed by atoms with van der Waals surface area (Å²) in [6.45, 7) is 0.336. The van der Waals surface area contributed by atoms with E-state index < -0.39 is 9.84 Å². The van der Waals surface area contributed by atoms with Gasteiger partial charge in [0.2, 0.25) is 0 Å². The van der Waals surface area contributed by atoms with Gasteiger partial charge in [0, 0.05) is 12.8 Å². The molecule has 0 atom stereocenters. The van der Waals surface area contributed by atoms with Crippen LogP contribution in [0.3, 0.4) is 0 Å². The second-order valence-electron chi connectivity index (χ2n) is 2.75. The Morgan fingerprint density at radius 3 is 2.85 bits per heavy atom. The van der Waals surface area contributed by atoms with E-state index in [1.165, 1.54) is 12.5 Å². The van der Waals surface area contributed by atoms with Crippen LogP contribution in [0.5, 0.6) is 0 Å². The van der Waals surface area contributed by atoms with Crippen LogP contribution >= 0.6 is 0 Å². The number of hydrogen-bond donors (Lipinski definition) is 3. The smallest absolute Gasteiger partial charge is 0.149 e. The molecule has 0 bridgehead atoms. The minimum Gasteiger partial charge on any atom is -0.382 e. The van der Waals surface area contributed by atoms with Gasteiger partial charge >= 0.3 is 0 Å². The summed E-state index contributed by atoms with van der Waals surface area (Å²) in [5.41, 5.74) is 6.09. The number of nitrogens with one attached hydrogen (secondary N) is 2. The van der Waals surface area contributed by atoms with Crippen LogP contribution in [0.2, 0.25) is 0 Å². The monoisotopic (exact) mass is 204 g/mol. The second-order valence-corrected chi connectivity index (χ2v) is 5.01. The number of nitrogen functional groups attached to an aromatic ring is 1. The Labute approximate surface area is 76.4 Å². The van der Waals surface area contributed by atoms with Crippen molar-refractivity contribution in [1.29, 1.82) is 0 Å². The molecular weight excluding hydrogens is 192 g/mol. The lowest BCUT2D eigenvalue weighted by Crippen LogP contribution is -2.14. The molecule has 1 heterocycles. The molecule has 0 amide bonds. The van der Waals surface area contributed by atoms with Crippen LogP contribution in [0, 0.1) is 0 Å². The molecule has 7 heteroatoms. The topological polar surface area (TPSA) is 101 Å². The molecule has 0 unspecified atom stereocenters. The minimum absolute atomic E-state index is 0.0810. The Bertz CT molecular complexity index is 370. The van der Waals surface area contributed by atoms with E-state index in [0.717, 1.165) is 0 Å². The van der Waals surface area contributed by atoms with Gasteiger partial charge in [0.05, 0.1) is 17.6 Å². The Balaban J connectivity index is 2.41. The lowest BCUT2D eigenvalue weighted by atomic mass is 10.5. The quantitative estimate of drug-likeness (QED) is 0.610. The lowest BCUT2D eigenvalue weighted by molar-refractivity contribution is 0.602. The van der Waals surface area contributed by atoms with Crippen molar-refractivity contribution in [2.24, 2.45) is 0 Å². The fourth-order valence-corrected chi connectivity index (χ4v) is 1.28. The number of hydrogen-bond acceptors (Lipinski definition) is 5. The molecule has 0 radical (unpaired) electrons. The molecular formula is C6H12N4O2S. The largest absolute Gasteiger partial charge is 0.382 e. The van der Waals surface area contributed by atoms with E-state index in [4.69, 9.17) is 5.73 Å². The van der Waals surface area contributed by atoms with Crippen molar-refractivity contribution in [3.8, 4) is 0 Å². The van der Waals surface area contributed by atoms with Crippen molar-refractivity contribution in [3.05, 3.63) is 6.20 Å². The third kappa shape index (κ3) is 3.32. The van der Waals surface area contributed by atoms with E-state index in [2.05, 4.69) is 15.5 Å². The molecule has 0 aliphatic heterocycles. The predicted octanol–water partition coefficient (Wildman–Crippen LogP) is -0.552. The number of nitrogens with zero attached hydrogens (tertiary/aromatic N) is 1. The summed E-state index contributed by atoms with van der Waals surface area (Å²) in [6, 6.07) is 0. The van der Waals surface area contributed by atoms with Crippen molar-refractivity contribution < 1.29 is 8.42 Å². The Morgan fingerprint density at radius 1 is 1.69 bits per heavy atom. The van der Waals surface area contributed by atoms with Gasteiger partial charge in [-0.1, -0.05) is 0 Å². The molecule has 0 saturated heterocycles. The van der Waals surface area contributed by atoms with E-state index in [9.17, 15) is 8.42 Å². The first kappa shape index (κ1) is 9.85. The normalized spacial score (nSPS) is 11.5. The molecule has 4 N–H and O–H groups in total. The van der Waals surface area contributed by atoms with Crippen molar-refractivity contribution in [1.82, 2.24) is 10.2 Å². The van der Waals surface area contributed by atoms with Crippen LogP contribution in [0.25, 0.3) is 0 Å². The molecule has 0 fully saturated rings. The summed E-state index contributed by atoms with van der Waals surface area (Å²) in [5, 5.41) is 9.06. The highest BCUT2D eigenvalue weighted by Gasteiger charge is 2.03. The maximum absolute atomic E-state index is 10.7. The van der Waals surface area contributed by atoms with Crippen LogP contribution in [0.15, 0.2) is 6.20 Å². The van der Waals surface area contributed by atoms with Gasteiger partial charge in [-0.25, -0.2) is 8.42 Å². The van der Waals surface area contributed by atoms with Crippen LogP contribution in [-0.2, 0) is 9.84 Å². The van der Waals surface area contributed by atoms with E-state index in [1.54, 1.807) is 0 Å². The zero-order chi connectivity index (χ0) is 9.90. The highest BCUT2D eigenvalue weighted by atomic mass is 32.2. The van der Waals surface area contributed by atoms with E-state index in [0.29, 0.717) is 18.1 Å². The average Bonchev–Trinajstić information content (AvgIpc) is 2.34. The first-order valence-corrected chi connectivity index (χ1v) is 5.75. The van der Waals surface area contributed by atoms with Gasteiger partial charge < -0.3 is 11.1 Å². The number of sulfone groups is 1. The molecule has 0 aliphatic rings. The van der Waals surface area contributed by atoms with E-state index >= 15 is 0 Å². The van der Waals surface area contributed by atoms with Crippen LogP contribution in [-0.4, -0.2) is 37.2 Å². The molecule has 0 saturated carbocycles. The first-order valence-electron chi connectivity index (χ1n) is 3.69. The first-order chi connectivity index (χ1) is 5.99. The summed E-state index contributed by atoms with van der Waals surface area (Å²) < 4.78 is 21.5. The van der Waals surface area contributed by atoms with Crippen molar-refractivity contribution in [2.75, 3.05) is 29.6 Å². The Hall–Kier alpha value is -1.24. The Morgan fingerprint density at radius 2 is 2.38 bits per heavy atom. The highest BCUT2D eigenvalue weighted by molar-refractivity contribution is 7.90. The molecule has 13 heavy (non-hydrogen) atoms. The zero-order valence-electron chi connectivity index (χ0n) is 7.24. The maximum Gasteiger partial charge on any atom is 0.149 e. The number of nitrogens with two attached hydrogens (primary N) is 1. The van der Waals surface area contributed by atoms with Crippen molar-refractivity contribution in [2.45, 2.75) is 0 Å². The fraction of sp³-hybridized carbons (Fsp3) is 0.500. The molecule has 1 rings (SSSR count). The summed E-state index contributed by atoms with van der Waals surface area (Å²) in [6.07, 6.45) is 2.70. The van der Waals surface area contributed by atoms with Gasteiger partial charge in [-0.3, -0.25) is 5.10 Å². The SMILES string of the molecule is CS(=O)(=O)CCNc1cn[nH]c1N. The van der Waals surface area contributed by atoms with E-state index in [1.807, 2.05) is 0 Å². The summed E-state index contributed by atoms with van der Waals surface area (Å²) in [5.74, 6) is 0.492. The maximum atomic E-state index is 10.7. The molecule has 0 spiro atoms. The molecule has 1 aromatic rings. The van der Waals surface area contributed by atoms with Crippen LogP contribution < -0.4 is 11.1 Å². The second kappa shape index (κ2) is 3.65. The third-order valence-electron chi connectivity index (χ3n) is 1.46.